The fraction of sp³-hybridized carbons (Fsp3) is 0.0769. The number of carbonyl (C=O) groups is 1. The van der Waals surface area contributed by atoms with Gasteiger partial charge in [-0.15, -0.1) is 0 Å². The Hall–Kier alpha value is -2.03. The molecule has 0 saturated heterocycles. The molecule has 1 aromatic carbocycles. The van der Waals surface area contributed by atoms with Gasteiger partial charge in [-0.1, -0.05) is 18.2 Å². The maximum absolute atomic E-state index is 13.6. The zero-order chi connectivity index (χ0) is 11.5. The standard InChI is InChI=1S/C13H10FNO/c1-9-2-4-11(7-15-9)12-5-3-10(8-16)6-13(12)14/h2-8H,1H3. The minimum Gasteiger partial charge on any atom is -0.298 e. The quantitative estimate of drug-likeness (QED) is 0.721. The van der Waals surface area contributed by atoms with Crippen LogP contribution in [0.15, 0.2) is 36.5 Å². The zero-order valence-corrected chi connectivity index (χ0v) is 8.77. The molecule has 0 unspecified atom stereocenters. The number of pyridine rings is 1. The Kier molecular flexibility index (Phi) is 2.77. The Balaban J connectivity index is 2.48. The van der Waals surface area contributed by atoms with E-state index in [1.54, 1.807) is 24.4 Å². The van der Waals surface area contributed by atoms with Crippen molar-refractivity contribution in [2.24, 2.45) is 0 Å². The first-order valence-corrected chi connectivity index (χ1v) is 4.88. The van der Waals surface area contributed by atoms with Crippen LogP contribution in [0.1, 0.15) is 16.1 Å². The summed E-state index contributed by atoms with van der Waals surface area (Å²) in [5, 5.41) is 0. The van der Waals surface area contributed by atoms with Gasteiger partial charge < -0.3 is 0 Å². The fourth-order valence-electron chi connectivity index (χ4n) is 1.47. The molecule has 0 N–H and O–H groups in total. The molecule has 0 bridgehead atoms. The van der Waals surface area contributed by atoms with Crippen molar-refractivity contribution >= 4 is 6.29 Å². The molecule has 1 aromatic heterocycles. The third-order valence-corrected chi connectivity index (χ3v) is 2.35. The molecule has 1 heterocycles. The topological polar surface area (TPSA) is 30.0 Å². The average molecular weight is 215 g/mol. The van der Waals surface area contributed by atoms with Crippen LogP contribution in [0.25, 0.3) is 11.1 Å². The first-order chi connectivity index (χ1) is 7.70. The minimum atomic E-state index is -0.407. The van der Waals surface area contributed by atoms with E-state index in [9.17, 15) is 9.18 Å². The smallest absolute Gasteiger partial charge is 0.150 e. The third kappa shape index (κ3) is 1.98. The van der Waals surface area contributed by atoms with Gasteiger partial charge in [0.1, 0.15) is 12.1 Å². The highest BCUT2D eigenvalue weighted by atomic mass is 19.1. The van der Waals surface area contributed by atoms with Crippen molar-refractivity contribution in [3.05, 3.63) is 53.6 Å². The van der Waals surface area contributed by atoms with E-state index in [2.05, 4.69) is 4.98 Å². The predicted molar refractivity (Wildman–Crippen MR) is 59.8 cm³/mol. The summed E-state index contributed by atoms with van der Waals surface area (Å²) in [6.07, 6.45) is 2.24. The number of aromatic nitrogens is 1. The van der Waals surface area contributed by atoms with Crippen LogP contribution in [0.2, 0.25) is 0 Å². The Bertz CT molecular complexity index is 520. The van der Waals surface area contributed by atoms with Crippen molar-refractivity contribution in [2.45, 2.75) is 6.92 Å². The van der Waals surface area contributed by atoms with Gasteiger partial charge in [-0.2, -0.15) is 0 Å². The van der Waals surface area contributed by atoms with Crippen molar-refractivity contribution in [2.75, 3.05) is 0 Å². The summed E-state index contributed by atoms with van der Waals surface area (Å²) in [4.78, 5) is 14.6. The van der Waals surface area contributed by atoms with Gasteiger partial charge in [-0.05, 0) is 19.1 Å². The second kappa shape index (κ2) is 4.23. The Morgan fingerprint density at radius 2 is 2.06 bits per heavy atom. The molecule has 3 heteroatoms. The lowest BCUT2D eigenvalue weighted by atomic mass is 10.0. The van der Waals surface area contributed by atoms with Crippen molar-refractivity contribution in [1.29, 1.82) is 0 Å². The zero-order valence-electron chi connectivity index (χ0n) is 8.77. The normalized spacial score (nSPS) is 10.1. The largest absolute Gasteiger partial charge is 0.298 e. The Morgan fingerprint density at radius 1 is 1.25 bits per heavy atom. The van der Waals surface area contributed by atoms with Crippen LogP contribution >= 0.6 is 0 Å². The second-order valence-electron chi connectivity index (χ2n) is 3.55. The van der Waals surface area contributed by atoms with Gasteiger partial charge in [0.25, 0.3) is 0 Å². The van der Waals surface area contributed by atoms with Gasteiger partial charge in [0, 0.05) is 28.6 Å². The lowest BCUT2D eigenvalue weighted by molar-refractivity contribution is 0.112. The number of aldehydes is 1. The first kappa shape index (κ1) is 10.5. The second-order valence-corrected chi connectivity index (χ2v) is 3.55. The molecule has 80 valence electrons. The van der Waals surface area contributed by atoms with E-state index in [0.29, 0.717) is 23.0 Å². The van der Waals surface area contributed by atoms with Gasteiger partial charge in [0.2, 0.25) is 0 Å². The Labute approximate surface area is 92.8 Å². The van der Waals surface area contributed by atoms with Gasteiger partial charge in [-0.3, -0.25) is 9.78 Å². The molecule has 0 fully saturated rings. The number of nitrogens with zero attached hydrogens (tertiary/aromatic N) is 1. The minimum absolute atomic E-state index is 0.335. The molecule has 0 radical (unpaired) electrons. The van der Waals surface area contributed by atoms with Crippen LogP contribution in [0.4, 0.5) is 4.39 Å². The lowest BCUT2D eigenvalue weighted by Crippen LogP contribution is -1.89. The maximum Gasteiger partial charge on any atom is 0.150 e. The molecular formula is C13H10FNO. The predicted octanol–water partition coefficient (Wildman–Crippen LogP) is 3.01. The summed E-state index contributed by atoms with van der Waals surface area (Å²) in [6, 6.07) is 8.03. The highest BCUT2D eigenvalue weighted by molar-refractivity contribution is 5.77. The summed E-state index contributed by atoms with van der Waals surface area (Å²) in [5.41, 5.74) is 2.38. The van der Waals surface area contributed by atoms with Crippen LogP contribution in [0, 0.1) is 12.7 Å². The van der Waals surface area contributed by atoms with Crippen molar-refractivity contribution in [1.82, 2.24) is 4.98 Å². The third-order valence-electron chi connectivity index (χ3n) is 2.35. The number of carbonyl (C=O) groups excluding carboxylic acids is 1. The van der Waals surface area contributed by atoms with E-state index in [1.165, 1.54) is 6.07 Å². The number of halogens is 1. The first-order valence-electron chi connectivity index (χ1n) is 4.88. The van der Waals surface area contributed by atoms with Crippen molar-refractivity contribution in [3.63, 3.8) is 0 Å². The lowest BCUT2D eigenvalue weighted by Gasteiger charge is -2.03. The maximum atomic E-state index is 13.6. The molecule has 2 rings (SSSR count). The molecule has 0 spiro atoms. The van der Waals surface area contributed by atoms with Crippen LogP contribution < -0.4 is 0 Å². The van der Waals surface area contributed by atoms with E-state index in [0.717, 1.165) is 5.69 Å². The summed E-state index contributed by atoms with van der Waals surface area (Å²) in [5.74, 6) is -0.407. The van der Waals surface area contributed by atoms with E-state index in [1.807, 2.05) is 13.0 Å². The molecule has 0 amide bonds. The van der Waals surface area contributed by atoms with Crippen LogP contribution in [-0.2, 0) is 0 Å². The van der Waals surface area contributed by atoms with E-state index in [-0.39, 0.29) is 0 Å². The molecule has 0 atom stereocenters. The number of hydrogen-bond acceptors (Lipinski definition) is 2. The van der Waals surface area contributed by atoms with E-state index < -0.39 is 5.82 Å². The average Bonchev–Trinajstić information content (AvgIpc) is 2.30. The van der Waals surface area contributed by atoms with Gasteiger partial charge in [-0.25, -0.2) is 4.39 Å². The SMILES string of the molecule is Cc1ccc(-c2ccc(C=O)cc2F)cn1. The monoisotopic (exact) mass is 215 g/mol. The molecule has 0 aliphatic heterocycles. The summed E-state index contributed by atoms with van der Waals surface area (Å²) < 4.78 is 13.6. The molecule has 16 heavy (non-hydrogen) atoms. The molecule has 0 aliphatic rings. The molecule has 0 aliphatic carbocycles. The number of benzene rings is 1. The van der Waals surface area contributed by atoms with Crippen LogP contribution in [0.3, 0.4) is 0 Å². The summed E-state index contributed by atoms with van der Waals surface area (Å²) >= 11 is 0. The molecule has 2 nitrogen and oxygen atoms in total. The van der Waals surface area contributed by atoms with E-state index >= 15 is 0 Å². The van der Waals surface area contributed by atoms with E-state index in [4.69, 9.17) is 0 Å². The van der Waals surface area contributed by atoms with Gasteiger partial charge in [0.05, 0.1) is 0 Å². The molecule has 0 saturated carbocycles. The highest BCUT2D eigenvalue weighted by Gasteiger charge is 2.05. The number of rotatable bonds is 2. The van der Waals surface area contributed by atoms with Crippen LogP contribution in [-0.4, -0.2) is 11.3 Å². The van der Waals surface area contributed by atoms with Crippen LogP contribution in [0.5, 0.6) is 0 Å². The molecule has 2 aromatic rings. The van der Waals surface area contributed by atoms with Gasteiger partial charge >= 0.3 is 0 Å². The van der Waals surface area contributed by atoms with Crippen molar-refractivity contribution in [3.8, 4) is 11.1 Å². The number of aryl methyl sites for hydroxylation is 1. The number of hydrogen-bond donors (Lipinski definition) is 0. The molecular weight excluding hydrogens is 205 g/mol. The fourth-order valence-corrected chi connectivity index (χ4v) is 1.47. The highest BCUT2D eigenvalue weighted by Crippen LogP contribution is 2.22. The summed E-state index contributed by atoms with van der Waals surface area (Å²) in [7, 11) is 0. The van der Waals surface area contributed by atoms with Crippen molar-refractivity contribution < 1.29 is 9.18 Å². The summed E-state index contributed by atoms with van der Waals surface area (Å²) in [6.45, 7) is 1.87. The Morgan fingerprint density at radius 3 is 2.62 bits per heavy atom. The van der Waals surface area contributed by atoms with Gasteiger partial charge in [0.15, 0.2) is 0 Å².